The molecule has 0 amide bonds. The number of rotatable bonds is 5. The third-order valence-electron chi connectivity index (χ3n) is 2.13. The summed E-state index contributed by atoms with van der Waals surface area (Å²) in [6.07, 6.45) is 0.0516. The van der Waals surface area contributed by atoms with E-state index >= 15 is 0 Å². The number of hydrogen-bond donors (Lipinski definition) is 1. The van der Waals surface area contributed by atoms with E-state index in [4.69, 9.17) is 15.2 Å². The minimum absolute atomic E-state index is 0.0516. The number of hydrogen-bond acceptors (Lipinski definition) is 3. The van der Waals surface area contributed by atoms with Crippen LogP contribution in [0.1, 0.15) is 18.6 Å². The van der Waals surface area contributed by atoms with Crippen LogP contribution in [-0.4, -0.2) is 20.3 Å². The van der Waals surface area contributed by atoms with Gasteiger partial charge in [0, 0.05) is 6.54 Å². The highest BCUT2D eigenvalue weighted by molar-refractivity contribution is 9.10. The predicted octanol–water partition coefficient (Wildman–Crippen LogP) is 2.49. The monoisotopic (exact) mass is 273 g/mol. The second-order valence-corrected chi connectivity index (χ2v) is 4.05. The summed E-state index contributed by atoms with van der Waals surface area (Å²) in [5.41, 5.74) is 6.48. The molecule has 1 rings (SSSR count). The van der Waals surface area contributed by atoms with Crippen molar-refractivity contribution >= 4 is 15.9 Å². The topological polar surface area (TPSA) is 44.5 Å². The molecule has 0 bridgehead atoms. The van der Waals surface area contributed by atoms with Crippen LogP contribution in [0.25, 0.3) is 0 Å². The first-order chi connectivity index (χ1) is 7.19. The van der Waals surface area contributed by atoms with Crippen molar-refractivity contribution in [2.75, 3.05) is 20.3 Å². The first-order valence-corrected chi connectivity index (χ1v) is 5.63. The summed E-state index contributed by atoms with van der Waals surface area (Å²) in [5.74, 6) is 0.824. The molecular weight excluding hydrogens is 258 g/mol. The van der Waals surface area contributed by atoms with Crippen LogP contribution in [0.4, 0.5) is 0 Å². The van der Waals surface area contributed by atoms with Crippen LogP contribution in [0.2, 0.25) is 0 Å². The Hall–Kier alpha value is -0.580. The van der Waals surface area contributed by atoms with Crippen LogP contribution in [0, 0.1) is 0 Å². The average Bonchev–Trinajstić information content (AvgIpc) is 2.25. The molecule has 1 aromatic carbocycles. The average molecular weight is 274 g/mol. The Morgan fingerprint density at radius 2 is 2.20 bits per heavy atom. The molecule has 0 aromatic heterocycles. The van der Waals surface area contributed by atoms with E-state index in [1.54, 1.807) is 7.11 Å². The van der Waals surface area contributed by atoms with E-state index in [0.717, 1.165) is 15.8 Å². The molecule has 15 heavy (non-hydrogen) atoms. The van der Waals surface area contributed by atoms with Crippen molar-refractivity contribution < 1.29 is 9.47 Å². The summed E-state index contributed by atoms with van der Waals surface area (Å²) < 4.78 is 11.6. The van der Waals surface area contributed by atoms with E-state index in [0.29, 0.717) is 13.2 Å². The molecule has 0 heterocycles. The van der Waals surface area contributed by atoms with Gasteiger partial charge in [0.05, 0.1) is 24.3 Å². The smallest absolute Gasteiger partial charge is 0.133 e. The van der Waals surface area contributed by atoms with Gasteiger partial charge in [0.15, 0.2) is 0 Å². The highest BCUT2D eigenvalue weighted by Gasteiger charge is 2.08. The van der Waals surface area contributed by atoms with Crippen molar-refractivity contribution in [2.24, 2.45) is 5.73 Å². The molecule has 0 aliphatic carbocycles. The zero-order valence-corrected chi connectivity index (χ0v) is 10.6. The summed E-state index contributed by atoms with van der Waals surface area (Å²) in [6, 6.07) is 5.91. The van der Waals surface area contributed by atoms with Gasteiger partial charge in [0.1, 0.15) is 5.75 Å². The third-order valence-corrected chi connectivity index (χ3v) is 2.75. The van der Waals surface area contributed by atoms with Crippen molar-refractivity contribution in [3.63, 3.8) is 0 Å². The molecule has 0 aliphatic rings. The van der Waals surface area contributed by atoms with Crippen molar-refractivity contribution in [1.29, 1.82) is 0 Å². The Morgan fingerprint density at radius 1 is 1.47 bits per heavy atom. The summed E-state index contributed by atoms with van der Waals surface area (Å²) in [4.78, 5) is 0. The zero-order chi connectivity index (χ0) is 11.3. The Bertz CT molecular complexity index is 317. The fraction of sp³-hybridized carbons (Fsp3) is 0.455. The van der Waals surface area contributed by atoms with E-state index in [9.17, 15) is 0 Å². The minimum Gasteiger partial charge on any atom is -0.496 e. The lowest BCUT2D eigenvalue weighted by Gasteiger charge is -2.14. The molecule has 1 aromatic rings. The molecule has 0 radical (unpaired) electrons. The number of methoxy groups -OCH3 is 1. The fourth-order valence-electron chi connectivity index (χ4n) is 1.28. The van der Waals surface area contributed by atoms with Crippen LogP contribution in [0.15, 0.2) is 22.7 Å². The Balaban J connectivity index is 2.73. The molecule has 0 spiro atoms. The zero-order valence-electron chi connectivity index (χ0n) is 9.00. The van der Waals surface area contributed by atoms with Gasteiger partial charge in [-0.25, -0.2) is 0 Å². The maximum Gasteiger partial charge on any atom is 0.133 e. The van der Waals surface area contributed by atoms with Gasteiger partial charge >= 0.3 is 0 Å². The highest BCUT2D eigenvalue weighted by Crippen LogP contribution is 2.28. The normalized spacial score (nSPS) is 12.5. The second kappa shape index (κ2) is 6.10. The van der Waals surface area contributed by atoms with Crippen molar-refractivity contribution in [3.05, 3.63) is 28.2 Å². The van der Waals surface area contributed by atoms with Gasteiger partial charge in [0.2, 0.25) is 0 Å². The van der Waals surface area contributed by atoms with E-state index in [1.165, 1.54) is 0 Å². The lowest BCUT2D eigenvalue weighted by Crippen LogP contribution is -2.10. The van der Waals surface area contributed by atoms with Gasteiger partial charge in [-0.05, 0) is 40.5 Å². The van der Waals surface area contributed by atoms with E-state index in [1.807, 2.05) is 25.1 Å². The molecule has 4 heteroatoms. The molecule has 0 aliphatic heterocycles. The number of nitrogens with two attached hydrogens (primary N) is 1. The maximum atomic E-state index is 5.52. The fourth-order valence-corrected chi connectivity index (χ4v) is 1.83. The lowest BCUT2D eigenvalue weighted by molar-refractivity contribution is 0.0717. The largest absolute Gasteiger partial charge is 0.496 e. The van der Waals surface area contributed by atoms with Gasteiger partial charge in [-0.1, -0.05) is 6.07 Å². The second-order valence-electron chi connectivity index (χ2n) is 3.20. The first kappa shape index (κ1) is 12.5. The molecule has 0 saturated carbocycles. The number of ether oxygens (including phenoxy) is 2. The van der Waals surface area contributed by atoms with Gasteiger partial charge in [-0.3, -0.25) is 0 Å². The molecule has 2 N–H and O–H groups in total. The summed E-state index contributed by atoms with van der Waals surface area (Å²) >= 11 is 3.44. The molecule has 1 atom stereocenters. The molecular formula is C11H16BrNO2. The van der Waals surface area contributed by atoms with E-state index in [-0.39, 0.29) is 6.10 Å². The molecule has 0 fully saturated rings. The van der Waals surface area contributed by atoms with Gasteiger partial charge < -0.3 is 15.2 Å². The molecule has 84 valence electrons. The quantitative estimate of drug-likeness (QED) is 0.897. The van der Waals surface area contributed by atoms with Crippen LogP contribution in [0.3, 0.4) is 0 Å². The van der Waals surface area contributed by atoms with Crippen LogP contribution < -0.4 is 10.5 Å². The third kappa shape index (κ3) is 3.48. The predicted molar refractivity (Wildman–Crippen MR) is 64.1 cm³/mol. The summed E-state index contributed by atoms with van der Waals surface area (Å²) in [7, 11) is 1.65. The number of halogens is 1. The Labute approximate surface area is 98.7 Å². The highest BCUT2D eigenvalue weighted by atomic mass is 79.9. The minimum atomic E-state index is 0.0516. The molecule has 1 unspecified atom stereocenters. The summed E-state index contributed by atoms with van der Waals surface area (Å²) in [5, 5.41) is 0. The van der Waals surface area contributed by atoms with Crippen LogP contribution in [0.5, 0.6) is 5.75 Å². The molecule has 0 saturated heterocycles. The standard InChI is InChI=1S/C11H16BrNO2/c1-8(15-6-5-13)9-3-4-11(14-2)10(12)7-9/h3-4,7-8H,5-6,13H2,1-2H3. The van der Waals surface area contributed by atoms with E-state index in [2.05, 4.69) is 15.9 Å². The van der Waals surface area contributed by atoms with Crippen LogP contribution in [-0.2, 0) is 4.74 Å². The number of benzene rings is 1. The Morgan fingerprint density at radius 3 is 2.73 bits per heavy atom. The maximum absolute atomic E-state index is 5.52. The Kier molecular flexibility index (Phi) is 5.08. The first-order valence-electron chi connectivity index (χ1n) is 4.84. The summed E-state index contributed by atoms with van der Waals surface area (Å²) in [6.45, 7) is 3.12. The van der Waals surface area contributed by atoms with Gasteiger partial charge in [-0.2, -0.15) is 0 Å². The van der Waals surface area contributed by atoms with Gasteiger partial charge in [0.25, 0.3) is 0 Å². The molecule has 3 nitrogen and oxygen atoms in total. The van der Waals surface area contributed by atoms with Crippen molar-refractivity contribution in [2.45, 2.75) is 13.0 Å². The van der Waals surface area contributed by atoms with E-state index < -0.39 is 0 Å². The van der Waals surface area contributed by atoms with Crippen LogP contribution >= 0.6 is 15.9 Å². The van der Waals surface area contributed by atoms with Gasteiger partial charge in [-0.15, -0.1) is 0 Å². The van der Waals surface area contributed by atoms with Crippen molar-refractivity contribution in [1.82, 2.24) is 0 Å². The lowest BCUT2D eigenvalue weighted by atomic mass is 10.1. The van der Waals surface area contributed by atoms with Crippen molar-refractivity contribution in [3.8, 4) is 5.75 Å². The SMILES string of the molecule is COc1ccc(C(C)OCCN)cc1Br.